The van der Waals surface area contributed by atoms with Crippen LogP contribution in [-0.4, -0.2) is 31.3 Å². The van der Waals surface area contributed by atoms with Gasteiger partial charge in [-0.1, -0.05) is 6.92 Å². The van der Waals surface area contributed by atoms with Gasteiger partial charge in [0.2, 0.25) is 0 Å². The van der Waals surface area contributed by atoms with Crippen molar-refractivity contribution in [3.05, 3.63) is 24.0 Å². The van der Waals surface area contributed by atoms with Crippen molar-refractivity contribution in [2.45, 2.75) is 38.3 Å². The van der Waals surface area contributed by atoms with Crippen molar-refractivity contribution in [3.8, 4) is 0 Å². The summed E-state index contributed by atoms with van der Waals surface area (Å²) >= 11 is 0. The van der Waals surface area contributed by atoms with Crippen LogP contribution in [0.2, 0.25) is 0 Å². The van der Waals surface area contributed by atoms with Crippen LogP contribution in [-0.2, 0) is 4.74 Å². The van der Waals surface area contributed by atoms with Crippen molar-refractivity contribution in [1.29, 1.82) is 0 Å². The van der Waals surface area contributed by atoms with Crippen molar-refractivity contribution in [1.82, 2.24) is 4.98 Å². The first-order valence-corrected chi connectivity index (χ1v) is 6.74. The second kappa shape index (κ2) is 6.16. The molecule has 0 saturated carbocycles. The van der Waals surface area contributed by atoms with E-state index in [1.165, 1.54) is 12.1 Å². The second-order valence-corrected chi connectivity index (χ2v) is 4.90. The molecule has 1 aromatic rings. The van der Waals surface area contributed by atoms with Gasteiger partial charge in [-0.3, -0.25) is 4.98 Å². The Morgan fingerprint density at radius 3 is 3.00 bits per heavy atom. The van der Waals surface area contributed by atoms with E-state index in [0.29, 0.717) is 6.10 Å². The number of methoxy groups -OCH3 is 1. The minimum atomic E-state index is 0.0483. The average molecular weight is 249 g/mol. The first-order valence-electron chi connectivity index (χ1n) is 6.74. The fraction of sp³-hybridized carbons (Fsp3) is 0.643. The highest BCUT2D eigenvalue weighted by molar-refractivity contribution is 5.45. The lowest BCUT2D eigenvalue weighted by atomic mass is 10.1. The van der Waals surface area contributed by atoms with Crippen molar-refractivity contribution < 1.29 is 4.74 Å². The molecule has 1 aliphatic rings. The Kier molecular flexibility index (Phi) is 4.55. The van der Waals surface area contributed by atoms with Crippen LogP contribution in [0, 0.1) is 0 Å². The van der Waals surface area contributed by atoms with Gasteiger partial charge in [-0.05, 0) is 31.4 Å². The maximum absolute atomic E-state index is 5.97. The van der Waals surface area contributed by atoms with Gasteiger partial charge in [-0.25, -0.2) is 0 Å². The number of aromatic nitrogens is 1. The van der Waals surface area contributed by atoms with Gasteiger partial charge in [0, 0.05) is 26.2 Å². The topological polar surface area (TPSA) is 51.4 Å². The molecular formula is C14H23N3O. The summed E-state index contributed by atoms with van der Waals surface area (Å²) in [6.45, 7) is 4.12. The zero-order valence-corrected chi connectivity index (χ0v) is 11.3. The van der Waals surface area contributed by atoms with E-state index in [4.69, 9.17) is 10.5 Å². The third-order valence-corrected chi connectivity index (χ3v) is 3.67. The van der Waals surface area contributed by atoms with Gasteiger partial charge in [0.1, 0.15) is 0 Å². The SMILES string of the molecule is CC[C@@H](N)c1ccc(N2CCCC(OC)C2)cn1. The molecule has 1 saturated heterocycles. The van der Waals surface area contributed by atoms with E-state index in [0.717, 1.165) is 31.6 Å². The molecule has 0 spiro atoms. The zero-order chi connectivity index (χ0) is 13.0. The summed E-state index contributed by atoms with van der Waals surface area (Å²) in [5.41, 5.74) is 8.11. The molecule has 2 atom stereocenters. The summed E-state index contributed by atoms with van der Waals surface area (Å²) in [6.07, 6.45) is 5.52. The first-order chi connectivity index (χ1) is 8.74. The molecule has 2 N–H and O–H groups in total. The molecule has 1 aliphatic heterocycles. The van der Waals surface area contributed by atoms with Crippen molar-refractivity contribution in [2.75, 3.05) is 25.1 Å². The monoisotopic (exact) mass is 249 g/mol. The van der Waals surface area contributed by atoms with Crippen LogP contribution < -0.4 is 10.6 Å². The third-order valence-electron chi connectivity index (χ3n) is 3.67. The number of piperidine rings is 1. The number of hydrogen-bond acceptors (Lipinski definition) is 4. The third kappa shape index (κ3) is 3.00. The Balaban J connectivity index is 2.04. The molecule has 0 radical (unpaired) electrons. The van der Waals surface area contributed by atoms with Crippen LogP contribution in [0.3, 0.4) is 0 Å². The molecule has 0 aliphatic carbocycles. The predicted molar refractivity (Wildman–Crippen MR) is 73.7 cm³/mol. The Hall–Kier alpha value is -1.13. The molecule has 0 amide bonds. The predicted octanol–water partition coefficient (Wildman–Crippen LogP) is 2.11. The molecule has 18 heavy (non-hydrogen) atoms. The number of nitrogens with two attached hydrogens (primary N) is 1. The molecule has 2 rings (SSSR count). The molecule has 100 valence electrons. The largest absolute Gasteiger partial charge is 0.380 e. The molecule has 2 heterocycles. The Bertz CT molecular complexity index is 366. The minimum Gasteiger partial charge on any atom is -0.380 e. The van der Waals surface area contributed by atoms with E-state index in [9.17, 15) is 0 Å². The zero-order valence-electron chi connectivity index (χ0n) is 11.3. The fourth-order valence-corrected chi connectivity index (χ4v) is 2.38. The van der Waals surface area contributed by atoms with E-state index >= 15 is 0 Å². The van der Waals surface area contributed by atoms with Gasteiger partial charge in [0.05, 0.1) is 23.7 Å². The number of anilines is 1. The summed E-state index contributed by atoms with van der Waals surface area (Å²) in [5, 5.41) is 0. The number of pyridine rings is 1. The van der Waals surface area contributed by atoms with Crippen molar-refractivity contribution in [2.24, 2.45) is 5.73 Å². The minimum absolute atomic E-state index is 0.0483. The smallest absolute Gasteiger partial charge is 0.0746 e. The van der Waals surface area contributed by atoms with Gasteiger partial charge < -0.3 is 15.4 Å². The molecule has 1 fully saturated rings. The quantitative estimate of drug-likeness (QED) is 0.888. The molecule has 1 aromatic heterocycles. The van der Waals surface area contributed by atoms with Crippen LogP contribution in [0.25, 0.3) is 0 Å². The van der Waals surface area contributed by atoms with Gasteiger partial charge in [-0.15, -0.1) is 0 Å². The molecule has 0 aromatic carbocycles. The van der Waals surface area contributed by atoms with E-state index in [-0.39, 0.29) is 6.04 Å². The maximum atomic E-state index is 5.97. The molecule has 4 nitrogen and oxygen atoms in total. The first kappa shape index (κ1) is 13.3. The Morgan fingerprint density at radius 1 is 1.56 bits per heavy atom. The number of hydrogen-bond donors (Lipinski definition) is 1. The van der Waals surface area contributed by atoms with Gasteiger partial charge in [-0.2, -0.15) is 0 Å². The van der Waals surface area contributed by atoms with E-state index < -0.39 is 0 Å². The van der Waals surface area contributed by atoms with Crippen LogP contribution in [0.4, 0.5) is 5.69 Å². The maximum Gasteiger partial charge on any atom is 0.0746 e. The lowest BCUT2D eigenvalue weighted by Crippen LogP contribution is -2.39. The number of rotatable bonds is 4. The van der Waals surface area contributed by atoms with Gasteiger partial charge >= 0.3 is 0 Å². The van der Waals surface area contributed by atoms with E-state index in [1.807, 2.05) is 12.3 Å². The number of nitrogens with zero attached hydrogens (tertiary/aromatic N) is 2. The van der Waals surface area contributed by atoms with Crippen LogP contribution in [0.5, 0.6) is 0 Å². The highest BCUT2D eigenvalue weighted by Crippen LogP contribution is 2.21. The standard InChI is InChI=1S/C14H23N3O/c1-3-13(15)14-7-6-11(9-16-14)17-8-4-5-12(10-17)18-2/h6-7,9,12-13H,3-5,8,10,15H2,1-2H3/t12?,13-/m1/s1. The lowest BCUT2D eigenvalue weighted by Gasteiger charge is -2.33. The Morgan fingerprint density at radius 2 is 2.39 bits per heavy atom. The molecule has 4 heteroatoms. The molecular weight excluding hydrogens is 226 g/mol. The Labute approximate surface area is 109 Å². The highest BCUT2D eigenvalue weighted by Gasteiger charge is 2.19. The van der Waals surface area contributed by atoms with Crippen molar-refractivity contribution in [3.63, 3.8) is 0 Å². The summed E-state index contributed by atoms with van der Waals surface area (Å²) < 4.78 is 5.44. The van der Waals surface area contributed by atoms with Crippen molar-refractivity contribution >= 4 is 5.69 Å². The summed E-state index contributed by atoms with van der Waals surface area (Å²) in [5.74, 6) is 0. The average Bonchev–Trinajstić information content (AvgIpc) is 2.46. The fourth-order valence-electron chi connectivity index (χ4n) is 2.38. The van der Waals surface area contributed by atoms with E-state index in [2.05, 4.69) is 22.9 Å². The second-order valence-electron chi connectivity index (χ2n) is 4.90. The van der Waals surface area contributed by atoms with Crippen LogP contribution >= 0.6 is 0 Å². The normalized spacial score (nSPS) is 21.9. The van der Waals surface area contributed by atoms with Crippen LogP contribution in [0.15, 0.2) is 18.3 Å². The van der Waals surface area contributed by atoms with Gasteiger partial charge in [0.25, 0.3) is 0 Å². The molecule has 1 unspecified atom stereocenters. The summed E-state index contributed by atoms with van der Waals surface area (Å²) in [6, 6.07) is 4.21. The lowest BCUT2D eigenvalue weighted by molar-refractivity contribution is 0.0893. The van der Waals surface area contributed by atoms with Gasteiger partial charge in [0.15, 0.2) is 0 Å². The highest BCUT2D eigenvalue weighted by atomic mass is 16.5. The van der Waals surface area contributed by atoms with Crippen LogP contribution in [0.1, 0.15) is 37.9 Å². The number of ether oxygens (including phenoxy) is 1. The summed E-state index contributed by atoms with van der Waals surface area (Å²) in [7, 11) is 1.79. The molecule has 0 bridgehead atoms. The van der Waals surface area contributed by atoms with E-state index in [1.54, 1.807) is 7.11 Å². The summed E-state index contributed by atoms with van der Waals surface area (Å²) in [4.78, 5) is 6.81.